The summed E-state index contributed by atoms with van der Waals surface area (Å²) in [5.74, 6) is 2.13. The molecule has 0 amide bonds. The fourth-order valence-corrected chi connectivity index (χ4v) is 3.30. The monoisotopic (exact) mass is 399 g/mol. The lowest BCUT2D eigenvalue weighted by Gasteiger charge is -2.28. The van der Waals surface area contributed by atoms with Crippen LogP contribution in [0, 0.1) is 5.82 Å². The van der Waals surface area contributed by atoms with Gasteiger partial charge in [0.15, 0.2) is 5.96 Å². The lowest BCUT2D eigenvalue weighted by molar-refractivity contribution is 0.223. The third kappa shape index (κ3) is 6.62. The van der Waals surface area contributed by atoms with Crippen LogP contribution < -0.4 is 20.3 Å². The number of anilines is 1. The summed E-state index contributed by atoms with van der Waals surface area (Å²) in [7, 11) is 1.74. The minimum atomic E-state index is -0.271. The van der Waals surface area contributed by atoms with Gasteiger partial charge in [0, 0.05) is 32.9 Å². The van der Waals surface area contributed by atoms with Crippen LogP contribution in [0.5, 0.6) is 5.75 Å². The average molecular weight is 400 g/mol. The summed E-state index contributed by atoms with van der Waals surface area (Å²) in [6, 6.07) is 10.2. The molecule has 1 aromatic carbocycles. The number of hydrogen-bond donors (Lipinski definition) is 2. The van der Waals surface area contributed by atoms with Crippen molar-refractivity contribution < 1.29 is 9.13 Å². The quantitative estimate of drug-likeness (QED) is 0.552. The van der Waals surface area contributed by atoms with Crippen LogP contribution in [0.4, 0.5) is 10.2 Å². The Kier molecular flexibility index (Phi) is 7.67. The maximum atomic E-state index is 13.0. The van der Waals surface area contributed by atoms with Gasteiger partial charge in [-0.3, -0.25) is 4.99 Å². The van der Waals surface area contributed by atoms with Gasteiger partial charge in [0.1, 0.15) is 23.5 Å². The zero-order chi connectivity index (χ0) is 20.5. The molecule has 1 aromatic heterocycles. The van der Waals surface area contributed by atoms with Gasteiger partial charge in [-0.05, 0) is 68.1 Å². The molecule has 3 rings (SSSR count). The maximum Gasteiger partial charge on any atom is 0.191 e. The van der Waals surface area contributed by atoms with Gasteiger partial charge in [-0.1, -0.05) is 0 Å². The lowest BCUT2D eigenvalue weighted by atomic mass is 10.1. The number of halogens is 1. The number of benzene rings is 1. The molecular formula is C22H30FN5O. The smallest absolute Gasteiger partial charge is 0.191 e. The Bertz CT molecular complexity index is 790. The first-order valence-electron chi connectivity index (χ1n) is 10.2. The molecule has 1 saturated heterocycles. The molecule has 0 aliphatic carbocycles. The number of ether oxygens (including phenoxy) is 1. The molecule has 1 atom stereocenters. The molecule has 0 bridgehead atoms. The van der Waals surface area contributed by atoms with Gasteiger partial charge in [0.05, 0.1) is 6.54 Å². The van der Waals surface area contributed by atoms with Crippen LogP contribution in [0.2, 0.25) is 0 Å². The highest BCUT2D eigenvalue weighted by atomic mass is 19.1. The number of nitrogens with one attached hydrogen (secondary N) is 2. The summed E-state index contributed by atoms with van der Waals surface area (Å²) in [4.78, 5) is 11.2. The average Bonchev–Trinajstić information content (AvgIpc) is 2.76. The normalized spacial score (nSPS) is 15.7. The molecule has 0 radical (unpaired) electrons. The van der Waals surface area contributed by atoms with Crippen LogP contribution in [0.25, 0.3) is 0 Å². The Morgan fingerprint density at radius 3 is 2.66 bits per heavy atom. The third-order valence-corrected chi connectivity index (χ3v) is 4.88. The third-order valence-electron chi connectivity index (χ3n) is 4.88. The number of pyridine rings is 1. The number of piperidine rings is 1. The summed E-state index contributed by atoms with van der Waals surface area (Å²) in [6.07, 6.45) is 5.56. The Morgan fingerprint density at radius 2 is 1.93 bits per heavy atom. The molecule has 0 spiro atoms. The minimum absolute atomic E-state index is 0.0920. The van der Waals surface area contributed by atoms with E-state index in [9.17, 15) is 4.39 Å². The standard InChI is InChI=1S/C22H30FN5O/c1-17(29-20-8-6-19(23)7-9-20)15-26-22(24-2)27-16-18-10-11-25-21(14-18)28-12-4-3-5-13-28/h6-11,14,17H,3-5,12-13,15-16H2,1-2H3,(H2,24,26,27). The van der Waals surface area contributed by atoms with Crippen LogP contribution in [-0.4, -0.2) is 43.7 Å². The fourth-order valence-electron chi connectivity index (χ4n) is 3.30. The second-order valence-corrected chi connectivity index (χ2v) is 7.26. The Hall–Kier alpha value is -2.83. The topological polar surface area (TPSA) is 61.8 Å². The summed E-state index contributed by atoms with van der Waals surface area (Å²) in [6.45, 7) is 5.36. The first-order chi connectivity index (χ1) is 14.1. The van der Waals surface area contributed by atoms with Gasteiger partial charge >= 0.3 is 0 Å². The van der Waals surface area contributed by atoms with Crippen LogP contribution in [0.3, 0.4) is 0 Å². The fraction of sp³-hybridized carbons (Fsp3) is 0.455. The molecule has 1 aliphatic heterocycles. The second-order valence-electron chi connectivity index (χ2n) is 7.26. The van der Waals surface area contributed by atoms with Crippen molar-refractivity contribution in [3.8, 4) is 5.75 Å². The molecule has 156 valence electrons. The first kappa shape index (κ1) is 20.9. The number of nitrogens with zero attached hydrogens (tertiary/aromatic N) is 3. The molecule has 0 saturated carbocycles. The summed E-state index contributed by atoms with van der Waals surface area (Å²) < 4.78 is 18.8. The van der Waals surface area contributed by atoms with Gasteiger partial charge < -0.3 is 20.3 Å². The molecule has 29 heavy (non-hydrogen) atoms. The second kappa shape index (κ2) is 10.6. The van der Waals surface area contributed by atoms with Crippen molar-refractivity contribution in [1.29, 1.82) is 0 Å². The van der Waals surface area contributed by atoms with E-state index in [1.54, 1.807) is 19.2 Å². The Morgan fingerprint density at radius 1 is 1.17 bits per heavy atom. The molecule has 6 nitrogen and oxygen atoms in total. The predicted octanol–water partition coefficient (Wildman–Crippen LogP) is 3.34. The molecule has 7 heteroatoms. The molecule has 2 heterocycles. The number of guanidine groups is 1. The summed E-state index contributed by atoms with van der Waals surface area (Å²) in [5.41, 5.74) is 1.17. The summed E-state index contributed by atoms with van der Waals surface area (Å²) in [5, 5.41) is 6.59. The Balaban J connectivity index is 1.45. The van der Waals surface area contributed by atoms with Crippen LogP contribution >= 0.6 is 0 Å². The molecule has 2 aromatic rings. The number of rotatable bonds is 7. The van der Waals surface area contributed by atoms with Gasteiger partial charge in [0.25, 0.3) is 0 Å². The van der Waals surface area contributed by atoms with Gasteiger partial charge in [-0.25, -0.2) is 9.37 Å². The predicted molar refractivity (Wildman–Crippen MR) is 115 cm³/mol. The number of hydrogen-bond acceptors (Lipinski definition) is 4. The molecule has 1 unspecified atom stereocenters. The van der Waals surface area contributed by atoms with E-state index in [1.165, 1.54) is 37.0 Å². The highest BCUT2D eigenvalue weighted by molar-refractivity contribution is 5.79. The number of aliphatic imine (C=N–C) groups is 1. The van der Waals surface area contributed by atoms with E-state index >= 15 is 0 Å². The largest absolute Gasteiger partial charge is 0.489 e. The molecular weight excluding hydrogens is 369 g/mol. The van der Waals surface area contributed by atoms with Crippen LogP contribution in [-0.2, 0) is 6.54 Å². The van der Waals surface area contributed by atoms with Gasteiger partial charge in [-0.15, -0.1) is 0 Å². The van der Waals surface area contributed by atoms with E-state index in [1.807, 2.05) is 19.2 Å². The minimum Gasteiger partial charge on any atom is -0.489 e. The maximum absolute atomic E-state index is 13.0. The lowest BCUT2D eigenvalue weighted by Crippen LogP contribution is -2.41. The van der Waals surface area contributed by atoms with Crippen molar-refractivity contribution in [2.45, 2.75) is 38.8 Å². The van der Waals surface area contributed by atoms with Crippen molar-refractivity contribution in [2.24, 2.45) is 4.99 Å². The van der Waals surface area contributed by atoms with E-state index in [-0.39, 0.29) is 11.9 Å². The molecule has 1 aliphatic rings. The van der Waals surface area contributed by atoms with E-state index < -0.39 is 0 Å². The van der Waals surface area contributed by atoms with Crippen molar-refractivity contribution in [3.63, 3.8) is 0 Å². The van der Waals surface area contributed by atoms with E-state index in [0.29, 0.717) is 24.8 Å². The van der Waals surface area contributed by atoms with E-state index in [2.05, 4.69) is 31.6 Å². The van der Waals surface area contributed by atoms with E-state index in [0.717, 1.165) is 18.9 Å². The van der Waals surface area contributed by atoms with Crippen molar-refractivity contribution >= 4 is 11.8 Å². The van der Waals surface area contributed by atoms with Crippen molar-refractivity contribution in [1.82, 2.24) is 15.6 Å². The number of aromatic nitrogens is 1. The van der Waals surface area contributed by atoms with Crippen molar-refractivity contribution in [2.75, 3.05) is 31.6 Å². The van der Waals surface area contributed by atoms with Gasteiger partial charge in [0.2, 0.25) is 0 Å². The molecule has 1 fully saturated rings. The highest BCUT2D eigenvalue weighted by Crippen LogP contribution is 2.18. The van der Waals surface area contributed by atoms with Crippen molar-refractivity contribution in [3.05, 3.63) is 54.0 Å². The van der Waals surface area contributed by atoms with Gasteiger partial charge in [-0.2, -0.15) is 0 Å². The van der Waals surface area contributed by atoms with E-state index in [4.69, 9.17) is 4.74 Å². The Labute approximate surface area is 172 Å². The van der Waals surface area contributed by atoms with Crippen LogP contribution in [0.1, 0.15) is 31.7 Å². The zero-order valence-electron chi connectivity index (χ0n) is 17.2. The molecule has 2 N–H and O–H groups in total. The van der Waals surface area contributed by atoms with Crippen LogP contribution in [0.15, 0.2) is 47.6 Å². The SMILES string of the molecule is CN=C(NCc1ccnc(N2CCCCC2)c1)NCC(C)Oc1ccc(F)cc1. The first-order valence-corrected chi connectivity index (χ1v) is 10.2. The zero-order valence-corrected chi connectivity index (χ0v) is 17.2. The highest BCUT2D eigenvalue weighted by Gasteiger charge is 2.12. The summed E-state index contributed by atoms with van der Waals surface area (Å²) >= 11 is 0.